The predicted molar refractivity (Wildman–Crippen MR) is 87.0 cm³/mol. The molecule has 0 bridgehead atoms. The Morgan fingerprint density at radius 2 is 1.75 bits per heavy atom. The van der Waals surface area contributed by atoms with Crippen molar-refractivity contribution in [1.29, 1.82) is 0 Å². The van der Waals surface area contributed by atoms with Crippen molar-refractivity contribution in [2.75, 3.05) is 23.3 Å². The van der Waals surface area contributed by atoms with E-state index in [4.69, 9.17) is 0 Å². The summed E-state index contributed by atoms with van der Waals surface area (Å²) in [6.45, 7) is 1.86. The highest BCUT2D eigenvalue weighted by molar-refractivity contribution is 6.02. The molecule has 0 spiro atoms. The van der Waals surface area contributed by atoms with Gasteiger partial charge < -0.3 is 10.2 Å². The summed E-state index contributed by atoms with van der Waals surface area (Å²) < 4.78 is 26.5. The average molecular weight is 332 g/mol. The lowest BCUT2D eigenvalue weighted by atomic mass is 10.2. The molecule has 0 radical (unpaired) electrons. The van der Waals surface area contributed by atoms with Gasteiger partial charge in [-0.25, -0.2) is 8.78 Å². The van der Waals surface area contributed by atoms with E-state index in [1.54, 1.807) is 12.1 Å². The summed E-state index contributed by atoms with van der Waals surface area (Å²) in [5, 5.41) is 10.4. The molecule has 7 heteroatoms. The van der Waals surface area contributed by atoms with Crippen LogP contribution in [0.4, 0.5) is 20.3 Å². The zero-order chi connectivity index (χ0) is 16.9. The van der Waals surface area contributed by atoms with Crippen molar-refractivity contribution in [3.63, 3.8) is 0 Å². The van der Waals surface area contributed by atoms with Gasteiger partial charge in [0.05, 0.1) is 5.69 Å². The van der Waals surface area contributed by atoms with Gasteiger partial charge in [0.2, 0.25) is 0 Å². The fourth-order valence-electron chi connectivity index (χ4n) is 2.69. The molecule has 0 atom stereocenters. The second kappa shape index (κ2) is 7.33. The lowest BCUT2D eigenvalue weighted by Crippen LogP contribution is -2.25. The maximum absolute atomic E-state index is 13.6. The molecule has 1 aromatic heterocycles. The van der Waals surface area contributed by atoms with Crippen molar-refractivity contribution in [3.8, 4) is 0 Å². The summed E-state index contributed by atoms with van der Waals surface area (Å²) in [5.41, 5.74) is -0.0166. The van der Waals surface area contributed by atoms with Crippen molar-refractivity contribution in [3.05, 3.63) is 47.7 Å². The Kier molecular flexibility index (Phi) is 4.98. The maximum atomic E-state index is 13.6. The summed E-state index contributed by atoms with van der Waals surface area (Å²) >= 11 is 0. The first-order chi connectivity index (χ1) is 11.6. The first kappa shape index (κ1) is 16.3. The van der Waals surface area contributed by atoms with Gasteiger partial charge in [0, 0.05) is 19.2 Å². The molecule has 1 saturated heterocycles. The molecule has 1 aromatic carbocycles. The first-order valence-corrected chi connectivity index (χ1v) is 7.98. The number of amides is 1. The van der Waals surface area contributed by atoms with E-state index in [2.05, 4.69) is 20.4 Å². The molecule has 1 N–H and O–H groups in total. The molecule has 0 saturated carbocycles. The highest BCUT2D eigenvalue weighted by Crippen LogP contribution is 2.18. The average Bonchev–Trinajstić information content (AvgIpc) is 2.87. The molecule has 1 aliphatic heterocycles. The first-order valence-electron chi connectivity index (χ1n) is 7.98. The minimum Gasteiger partial charge on any atom is -0.355 e. The van der Waals surface area contributed by atoms with Crippen LogP contribution in [0.25, 0.3) is 0 Å². The highest BCUT2D eigenvalue weighted by Gasteiger charge is 2.15. The van der Waals surface area contributed by atoms with Gasteiger partial charge in [0.15, 0.2) is 11.5 Å². The van der Waals surface area contributed by atoms with Crippen LogP contribution in [0.5, 0.6) is 0 Å². The number of nitrogens with one attached hydrogen (secondary N) is 1. The molecule has 5 nitrogen and oxygen atoms in total. The molecule has 3 rings (SSSR count). The molecule has 2 heterocycles. The Labute approximate surface area is 138 Å². The Bertz CT molecular complexity index is 713. The van der Waals surface area contributed by atoms with Gasteiger partial charge in [-0.2, -0.15) is 0 Å². The fraction of sp³-hybridized carbons (Fsp3) is 0.353. The molecule has 1 amide bonds. The Balaban J connectivity index is 1.69. The van der Waals surface area contributed by atoms with Crippen LogP contribution in [-0.2, 0) is 0 Å². The number of halogens is 2. The lowest BCUT2D eigenvalue weighted by Gasteiger charge is -2.20. The van der Waals surface area contributed by atoms with E-state index in [-0.39, 0.29) is 11.4 Å². The number of hydrogen-bond acceptors (Lipinski definition) is 4. The predicted octanol–water partition coefficient (Wildman–Crippen LogP) is 3.39. The fourth-order valence-corrected chi connectivity index (χ4v) is 2.69. The molecule has 1 fully saturated rings. The van der Waals surface area contributed by atoms with Crippen molar-refractivity contribution in [1.82, 2.24) is 10.2 Å². The number of anilines is 2. The summed E-state index contributed by atoms with van der Waals surface area (Å²) in [6, 6.07) is 6.26. The van der Waals surface area contributed by atoms with Crippen LogP contribution in [0.3, 0.4) is 0 Å². The smallest absolute Gasteiger partial charge is 0.276 e. The third-order valence-corrected chi connectivity index (χ3v) is 3.99. The van der Waals surface area contributed by atoms with Gasteiger partial charge in [-0.15, -0.1) is 10.2 Å². The quantitative estimate of drug-likeness (QED) is 0.936. The number of aromatic nitrogens is 2. The van der Waals surface area contributed by atoms with E-state index < -0.39 is 17.5 Å². The van der Waals surface area contributed by atoms with Gasteiger partial charge in [-0.05, 0) is 37.1 Å². The summed E-state index contributed by atoms with van der Waals surface area (Å²) in [4.78, 5) is 14.3. The van der Waals surface area contributed by atoms with Crippen LogP contribution in [0.15, 0.2) is 30.3 Å². The Hall–Kier alpha value is -2.57. The van der Waals surface area contributed by atoms with Crippen LogP contribution in [-0.4, -0.2) is 29.2 Å². The minimum atomic E-state index is -0.836. The van der Waals surface area contributed by atoms with E-state index in [0.29, 0.717) is 6.07 Å². The van der Waals surface area contributed by atoms with Crippen LogP contribution < -0.4 is 10.2 Å². The second-order valence-electron chi connectivity index (χ2n) is 5.76. The van der Waals surface area contributed by atoms with Gasteiger partial charge in [0.25, 0.3) is 5.91 Å². The highest BCUT2D eigenvalue weighted by atomic mass is 19.1. The summed E-state index contributed by atoms with van der Waals surface area (Å²) in [7, 11) is 0. The Morgan fingerprint density at radius 3 is 2.38 bits per heavy atom. The third kappa shape index (κ3) is 3.84. The van der Waals surface area contributed by atoms with Gasteiger partial charge >= 0.3 is 0 Å². The SMILES string of the molecule is O=C(Nc1ccc(F)cc1F)c1ccc(N2CCCCCC2)nn1. The van der Waals surface area contributed by atoms with Crippen molar-refractivity contribution in [2.45, 2.75) is 25.7 Å². The van der Waals surface area contributed by atoms with Crippen LogP contribution >= 0.6 is 0 Å². The van der Waals surface area contributed by atoms with Crippen LogP contribution in [0.1, 0.15) is 36.2 Å². The lowest BCUT2D eigenvalue weighted by molar-refractivity contribution is 0.102. The van der Waals surface area contributed by atoms with Crippen molar-refractivity contribution < 1.29 is 13.6 Å². The van der Waals surface area contributed by atoms with E-state index in [1.165, 1.54) is 18.9 Å². The number of rotatable bonds is 3. The number of carbonyl (C=O) groups is 1. The zero-order valence-electron chi connectivity index (χ0n) is 13.1. The summed E-state index contributed by atoms with van der Waals surface area (Å²) in [6.07, 6.45) is 4.67. The van der Waals surface area contributed by atoms with Gasteiger partial charge in [-0.1, -0.05) is 12.8 Å². The standard InChI is InChI=1S/C17H18F2N4O/c18-12-5-6-14(13(19)11-12)20-17(24)15-7-8-16(22-21-15)23-9-3-1-2-4-10-23/h5-8,11H,1-4,9-10H2,(H,20,24). The van der Waals surface area contributed by atoms with E-state index in [1.807, 2.05) is 0 Å². The molecular formula is C17H18F2N4O. The monoisotopic (exact) mass is 332 g/mol. The zero-order valence-corrected chi connectivity index (χ0v) is 13.1. The van der Waals surface area contributed by atoms with E-state index in [9.17, 15) is 13.6 Å². The number of benzene rings is 1. The van der Waals surface area contributed by atoms with Crippen molar-refractivity contribution >= 4 is 17.4 Å². The third-order valence-electron chi connectivity index (χ3n) is 3.99. The summed E-state index contributed by atoms with van der Waals surface area (Å²) in [5.74, 6) is -1.39. The van der Waals surface area contributed by atoms with Crippen molar-refractivity contribution in [2.24, 2.45) is 0 Å². The molecule has 24 heavy (non-hydrogen) atoms. The van der Waals surface area contributed by atoms with E-state index >= 15 is 0 Å². The topological polar surface area (TPSA) is 58.1 Å². The van der Waals surface area contributed by atoms with E-state index in [0.717, 1.165) is 37.8 Å². The number of carbonyl (C=O) groups excluding carboxylic acids is 1. The molecule has 126 valence electrons. The van der Waals surface area contributed by atoms with Crippen LogP contribution in [0.2, 0.25) is 0 Å². The Morgan fingerprint density at radius 1 is 1.00 bits per heavy atom. The number of nitrogens with zero attached hydrogens (tertiary/aromatic N) is 3. The minimum absolute atomic E-state index is 0.0808. The van der Waals surface area contributed by atoms with Crippen LogP contribution in [0, 0.1) is 11.6 Å². The van der Waals surface area contributed by atoms with Gasteiger partial charge in [-0.3, -0.25) is 4.79 Å². The van der Waals surface area contributed by atoms with Gasteiger partial charge in [0.1, 0.15) is 11.6 Å². The normalized spacial score (nSPS) is 15.0. The molecule has 0 aliphatic carbocycles. The molecule has 0 unspecified atom stereocenters. The molecule has 1 aliphatic rings. The molecular weight excluding hydrogens is 314 g/mol. The molecule has 2 aromatic rings. The number of hydrogen-bond donors (Lipinski definition) is 1. The second-order valence-corrected chi connectivity index (χ2v) is 5.76. The largest absolute Gasteiger partial charge is 0.355 e. The maximum Gasteiger partial charge on any atom is 0.276 e.